The smallest absolute Gasteiger partial charge is 0.144 e. The van der Waals surface area contributed by atoms with E-state index >= 15 is 0 Å². The second kappa shape index (κ2) is 15.7. The van der Waals surface area contributed by atoms with Gasteiger partial charge in [-0.1, -0.05) is 50.3 Å². The number of benzene rings is 1. The number of methoxy groups -OCH3 is 2. The lowest BCUT2D eigenvalue weighted by atomic mass is 10.1. The van der Waals surface area contributed by atoms with Gasteiger partial charge < -0.3 is 20.5 Å². The van der Waals surface area contributed by atoms with Gasteiger partial charge in [0.15, 0.2) is 0 Å². The zero-order chi connectivity index (χ0) is 23.9. The molecule has 0 aliphatic carbocycles. The number of thiazole rings is 1. The quantitative estimate of drug-likeness (QED) is 0.192. The maximum atomic E-state index is 6.22. The highest BCUT2D eigenvalue weighted by Crippen LogP contribution is 2.40. The van der Waals surface area contributed by atoms with Gasteiger partial charge in [0, 0.05) is 36.1 Å². The summed E-state index contributed by atoms with van der Waals surface area (Å²) in [5.41, 5.74) is 9.96. The molecular weight excluding hydrogens is 486 g/mol. The molecule has 5 nitrogen and oxygen atoms in total. The van der Waals surface area contributed by atoms with Crippen LogP contribution in [0.2, 0.25) is 0 Å². The molecule has 0 aliphatic heterocycles. The molecule has 1 aromatic carbocycles. The van der Waals surface area contributed by atoms with Crippen molar-refractivity contribution in [2.24, 2.45) is 5.92 Å². The third-order valence-corrected chi connectivity index (χ3v) is 6.08. The first kappa shape index (κ1) is 27.9. The molecule has 0 saturated carbocycles. The van der Waals surface area contributed by atoms with E-state index in [1.54, 1.807) is 31.8 Å². The van der Waals surface area contributed by atoms with Crippen LogP contribution in [0.4, 0.5) is 11.4 Å². The lowest BCUT2D eigenvalue weighted by Gasteiger charge is -2.17. The van der Waals surface area contributed by atoms with Crippen molar-refractivity contribution >= 4 is 38.6 Å². The fraction of sp³-hybridized carbons (Fsp3) is 0.400. The van der Waals surface area contributed by atoms with E-state index in [0.29, 0.717) is 18.8 Å². The zero-order valence-electron chi connectivity index (χ0n) is 19.8. The predicted molar refractivity (Wildman–Crippen MR) is 143 cm³/mol. The van der Waals surface area contributed by atoms with Crippen molar-refractivity contribution in [3.05, 3.63) is 69.1 Å². The SMILES string of the molecule is C=C/C=C(C)\C=C/CC(C)C.COCCNc1c(OC)cc(Cc2nccs2)c(Br)c1N. The van der Waals surface area contributed by atoms with Gasteiger partial charge >= 0.3 is 0 Å². The summed E-state index contributed by atoms with van der Waals surface area (Å²) in [5.74, 6) is 1.47. The minimum atomic E-state index is 0.598. The molecule has 0 saturated heterocycles. The normalized spacial score (nSPS) is 11.4. The molecule has 0 bridgehead atoms. The average Bonchev–Trinajstić information content (AvgIpc) is 3.26. The summed E-state index contributed by atoms with van der Waals surface area (Å²) in [6, 6.07) is 1.98. The van der Waals surface area contributed by atoms with E-state index in [4.69, 9.17) is 15.2 Å². The van der Waals surface area contributed by atoms with E-state index < -0.39 is 0 Å². The van der Waals surface area contributed by atoms with Crippen LogP contribution in [0.25, 0.3) is 0 Å². The molecule has 0 unspecified atom stereocenters. The Hall–Kier alpha value is -2.09. The molecular formula is C25H36BrN3O2S. The van der Waals surface area contributed by atoms with Gasteiger partial charge in [0.1, 0.15) is 11.4 Å². The van der Waals surface area contributed by atoms with Gasteiger partial charge in [0.05, 0.1) is 24.4 Å². The van der Waals surface area contributed by atoms with Crippen molar-refractivity contribution in [3.8, 4) is 5.75 Å². The molecule has 0 radical (unpaired) electrons. The van der Waals surface area contributed by atoms with E-state index in [2.05, 4.69) is 65.7 Å². The number of rotatable bonds is 11. The van der Waals surface area contributed by atoms with Gasteiger partial charge in [-0.2, -0.15) is 0 Å². The monoisotopic (exact) mass is 521 g/mol. The van der Waals surface area contributed by atoms with Crippen LogP contribution in [-0.4, -0.2) is 32.4 Å². The van der Waals surface area contributed by atoms with Crippen LogP contribution in [0, 0.1) is 5.92 Å². The number of ether oxygens (including phenoxy) is 2. The minimum Gasteiger partial charge on any atom is -0.494 e. The highest BCUT2D eigenvalue weighted by molar-refractivity contribution is 9.10. The molecule has 0 fully saturated rings. The van der Waals surface area contributed by atoms with Gasteiger partial charge in [0.25, 0.3) is 0 Å². The molecule has 0 aliphatic rings. The molecule has 32 heavy (non-hydrogen) atoms. The summed E-state index contributed by atoms with van der Waals surface area (Å²) in [4.78, 5) is 4.30. The number of nitrogens with two attached hydrogens (primary N) is 1. The summed E-state index contributed by atoms with van der Waals surface area (Å²) in [6.07, 6.45) is 11.8. The van der Waals surface area contributed by atoms with Crippen LogP contribution in [0.1, 0.15) is 37.8 Å². The fourth-order valence-corrected chi connectivity index (χ4v) is 3.82. The molecule has 176 valence electrons. The second-order valence-electron chi connectivity index (χ2n) is 7.54. The third kappa shape index (κ3) is 10.0. The van der Waals surface area contributed by atoms with Crippen molar-refractivity contribution in [1.82, 2.24) is 4.98 Å². The summed E-state index contributed by atoms with van der Waals surface area (Å²) >= 11 is 5.20. The number of anilines is 2. The average molecular weight is 523 g/mol. The number of nitrogen functional groups attached to an aromatic ring is 1. The number of halogens is 1. The first-order valence-electron chi connectivity index (χ1n) is 10.6. The second-order valence-corrected chi connectivity index (χ2v) is 9.31. The van der Waals surface area contributed by atoms with Gasteiger partial charge in [0.2, 0.25) is 0 Å². The number of nitrogens with one attached hydrogen (secondary N) is 1. The number of allylic oxidation sites excluding steroid dienone is 5. The van der Waals surface area contributed by atoms with E-state index in [1.165, 1.54) is 5.57 Å². The first-order chi connectivity index (χ1) is 15.3. The van der Waals surface area contributed by atoms with Crippen LogP contribution in [0.3, 0.4) is 0 Å². The molecule has 1 aromatic heterocycles. The molecule has 0 atom stereocenters. The number of hydrogen-bond donors (Lipinski definition) is 2. The van der Waals surface area contributed by atoms with E-state index in [-0.39, 0.29) is 0 Å². The maximum Gasteiger partial charge on any atom is 0.144 e. The van der Waals surface area contributed by atoms with Crippen molar-refractivity contribution in [2.45, 2.75) is 33.6 Å². The summed E-state index contributed by atoms with van der Waals surface area (Å²) in [6.45, 7) is 11.4. The third-order valence-electron chi connectivity index (χ3n) is 4.36. The van der Waals surface area contributed by atoms with E-state index in [0.717, 1.165) is 45.2 Å². The van der Waals surface area contributed by atoms with Crippen molar-refractivity contribution < 1.29 is 9.47 Å². The van der Waals surface area contributed by atoms with E-state index in [1.807, 2.05) is 23.6 Å². The summed E-state index contributed by atoms with van der Waals surface area (Å²) in [7, 11) is 3.30. The topological polar surface area (TPSA) is 69.4 Å². The van der Waals surface area contributed by atoms with Gasteiger partial charge in [-0.15, -0.1) is 11.3 Å². The molecule has 2 aromatic rings. The molecule has 2 rings (SSSR count). The Balaban J connectivity index is 0.000000396. The molecule has 1 heterocycles. The summed E-state index contributed by atoms with van der Waals surface area (Å²) in [5, 5.41) is 6.24. The maximum absolute atomic E-state index is 6.22. The number of nitrogens with zero attached hydrogens (tertiary/aromatic N) is 1. The lowest BCUT2D eigenvalue weighted by molar-refractivity contribution is 0.210. The highest BCUT2D eigenvalue weighted by atomic mass is 79.9. The van der Waals surface area contributed by atoms with Crippen molar-refractivity contribution in [2.75, 3.05) is 38.4 Å². The number of hydrogen-bond acceptors (Lipinski definition) is 6. The minimum absolute atomic E-state index is 0.598. The largest absolute Gasteiger partial charge is 0.494 e. The number of aromatic nitrogens is 1. The van der Waals surface area contributed by atoms with Gasteiger partial charge in [-0.25, -0.2) is 4.98 Å². The Morgan fingerprint density at radius 1 is 1.38 bits per heavy atom. The first-order valence-corrected chi connectivity index (χ1v) is 12.2. The van der Waals surface area contributed by atoms with Crippen molar-refractivity contribution in [1.29, 1.82) is 0 Å². The van der Waals surface area contributed by atoms with Crippen LogP contribution < -0.4 is 15.8 Å². The summed E-state index contributed by atoms with van der Waals surface area (Å²) < 4.78 is 11.4. The van der Waals surface area contributed by atoms with Crippen LogP contribution in [0.15, 0.2) is 58.6 Å². The van der Waals surface area contributed by atoms with Crippen LogP contribution in [0.5, 0.6) is 5.75 Å². The Labute approximate surface area is 205 Å². The Morgan fingerprint density at radius 3 is 2.69 bits per heavy atom. The molecule has 0 spiro atoms. The molecule has 3 N–H and O–H groups in total. The fourth-order valence-electron chi connectivity index (χ4n) is 2.73. The Kier molecular flexibility index (Phi) is 13.7. The Morgan fingerprint density at radius 2 is 2.12 bits per heavy atom. The van der Waals surface area contributed by atoms with Crippen LogP contribution >= 0.6 is 27.3 Å². The zero-order valence-corrected chi connectivity index (χ0v) is 22.2. The van der Waals surface area contributed by atoms with E-state index in [9.17, 15) is 0 Å². The highest BCUT2D eigenvalue weighted by Gasteiger charge is 2.16. The predicted octanol–water partition coefficient (Wildman–Crippen LogP) is 6.87. The lowest BCUT2D eigenvalue weighted by Crippen LogP contribution is -2.11. The van der Waals surface area contributed by atoms with Gasteiger partial charge in [-0.3, -0.25) is 0 Å². The standard InChI is InChI=1S/C14H18BrN3O2S.C11H18/c1-19-5-3-18-14-10(20-2)7-9(12(15)13(14)16)8-11-17-4-6-21-11;1-5-7-11(4)9-6-8-10(2)3/h4,6-7,18H,3,5,8,16H2,1-2H3;5-7,9-10H,1,8H2,2-4H3/b;9-6-,11-7-. The molecule has 0 amide bonds. The Bertz CT molecular complexity index is 878. The van der Waals surface area contributed by atoms with Crippen molar-refractivity contribution in [3.63, 3.8) is 0 Å². The molecule has 7 heteroatoms. The van der Waals surface area contributed by atoms with Gasteiger partial charge in [-0.05, 0) is 46.8 Å². The van der Waals surface area contributed by atoms with Crippen LogP contribution in [-0.2, 0) is 11.2 Å².